The van der Waals surface area contributed by atoms with Crippen LogP contribution in [0.25, 0.3) is 0 Å². The molecule has 3 aromatic carbocycles. The number of allylic oxidation sites excluding steroid dienone is 1. The van der Waals surface area contributed by atoms with Gasteiger partial charge in [0.1, 0.15) is 22.3 Å². The summed E-state index contributed by atoms with van der Waals surface area (Å²) in [7, 11) is 4.10. The topological polar surface area (TPSA) is 97.8 Å². The fourth-order valence-corrected chi connectivity index (χ4v) is 5.06. The molecule has 102 heavy (non-hydrogen) atoms. The van der Waals surface area contributed by atoms with Crippen LogP contribution in [0.15, 0.2) is 12.2 Å². The summed E-state index contributed by atoms with van der Waals surface area (Å²) in [5.74, 6) is 16.6. The molecule has 17 heteroatoms. The van der Waals surface area contributed by atoms with E-state index < -0.39 is 67.5 Å². The molecule has 620 valence electrons. The Balaban J connectivity index is -0.0000000511. The molecule has 0 aliphatic heterocycles. The minimum atomic E-state index is -2.67. The second-order valence-corrected chi connectivity index (χ2v) is 86.3. The number of hydrogen-bond donors (Lipinski definition) is 0. The number of benzene rings is 3. The number of nitrogens with zero attached hydrogens (tertiary/aromatic N) is 1. The minimum absolute atomic E-state index is 0. The summed E-state index contributed by atoms with van der Waals surface area (Å²) in [5, 5.41) is 0. The molecule has 0 unspecified atom stereocenters. The quantitative estimate of drug-likeness (QED) is 0.125. The number of thioether (sulfide) groups is 1. The van der Waals surface area contributed by atoms with E-state index in [4.69, 9.17) is 0 Å². The zero-order valence-corrected chi connectivity index (χ0v) is 91.2. The third-order valence-electron chi connectivity index (χ3n) is 10.1. The molecule has 0 spiro atoms. The van der Waals surface area contributed by atoms with E-state index in [0.29, 0.717) is 13.3 Å². The van der Waals surface area contributed by atoms with Crippen molar-refractivity contribution in [2.75, 3.05) is 113 Å². The molecule has 0 heterocycles. The molecule has 0 atom stereocenters. The van der Waals surface area contributed by atoms with E-state index in [1.807, 2.05) is 52.4 Å². The number of ketones is 1. The van der Waals surface area contributed by atoms with Crippen molar-refractivity contribution in [3.63, 3.8) is 0 Å². The average Bonchev–Trinajstić information content (AvgIpc) is 0.831. The van der Waals surface area contributed by atoms with Gasteiger partial charge < -0.3 is 19.0 Å². The van der Waals surface area contributed by atoms with E-state index >= 15 is 0 Å². The fourth-order valence-electron chi connectivity index (χ4n) is 5.06. The van der Waals surface area contributed by atoms with E-state index in [1.165, 1.54) is 120 Å². The van der Waals surface area contributed by atoms with Gasteiger partial charge >= 0.3 is 74.4 Å². The fraction of sp³-hybridized carbons (Fsp3) is 0.753. The van der Waals surface area contributed by atoms with E-state index in [-0.39, 0.29) is 34.8 Å². The molecule has 0 aromatic heterocycles. The maximum absolute atomic E-state index is 10.2. The molecule has 0 saturated heterocycles. The zero-order chi connectivity index (χ0) is 85.8. The van der Waals surface area contributed by atoms with E-state index in [9.17, 15) is 22.0 Å². The average molecular weight is 1740 g/mol. The zero-order valence-electron chi connectivity index (χ0n) is 79.9. The number of carbonyl (C=O) groups is 1. The number of methoxy groups -OCH3 is 1. The number of rotatable bonds is 0. The van der Waals surface area contributed by atoms with Crippen LogP contribution in [0.2, 0.25) is 107 Å². The SMILES string of the molecule is C.C.C=C(C)C.CB(C)C.CC(C)(C)C.CC(C)=O.CN(C)C.COC.CP(C)(C)=O.CP(C)C.CS(C)(=O)=O.CS(C)=O.CSC.C[Si](C)(C)C.Cc1c(C)c(C)c(C)c(C)c1C.Cc1c(C)c(C)c(C)c(C)c1C.Cc1c(C)c(C)c(C)c(C)c1C.[CH3][Al]([CH3])[CH3].[CH3][Ge]([CH3])([CH3])[CH3].[CH3][Sn]([CH3])([CH3])[CH3]. The summed E-state index contributed by atoms with van der Waals surface area (Å²) < 4.78 is 43.3. The summed E-state index contributed by atoms with van der Waals surface area (Å²) in [6.07, 6.45) is 9.68. The number of ether oxygens (including phenoxy) is 1. The Kier molecular flexibility index (Phi) is 112. The van der Waals surface area contributed by atoms with Gasteiger partial charge in [-0.15, -0.1) is 31.9 Å². The first-order chi connectivity index (χ1) is 43.3. The van der Waals surface area contributed by atoms with Crippen molar-refractivity contribution in [1.82, 2.24) is 4.90 Å². The first-order valence-corrected chi connectivity index (χ1v) is 74.4. The Morgan fingerprint density at radius 2 is 0.549 bits per heavy atom. The van der Waals surface area contributed by atoms with Gasteiger partial charge in [-0.25, -0.2) is 8.42 Å². The Bertz CT molecular complexity index is 2040. The Labute approximate surface area is 671 Å². The van der Waals surface area contributed by atoms with Crippen molar-refractivity contribution in [1.29, 1.82) is 0 Å². The summed E-state index contributed by atoms with van der Waals surface area (Å²) in [6.45, 7) is 87.7. The molecular formula is C85H193AlBGeNO6P2S3SiSn. The normalized spacial score (nSPS) is 9.65. The summed E-state index contributed by atoms with van der Waals surface area (Å²) in [6, 6.07) is 0. The monoisotopic (exact) mass is 1740 g/mol. The molecule has 3 aromatic rings. The molecular weight excluding hydrogens is 1550 g/mol. The van der Waals surface area contributed by atoms with Crippen LogP contribution >= 0.6 is 26.8 Å². The van der Waals surface area contributed by atoms with Crippen molar-refractivity contribution >= 4 is 114 Å². The second kappa shape index (κ2) is 79.3. The molecule has 0 aliphatic rings. The van der Waals surface area contributed by atoms with Crippen LogP contribution in [0.5, 0.6) is 0 Å². The van der Waals surface area contributed by atoms with E-state index in [2.05, 4.69) is 290 Å². The molecule has 0 radical (unpaired) electrons. The summed E-state index contributed by atoms with van der Waals surface area (Å²) in [5.41, 5.74) is 27.8. The van der Waals surface area contributed by atoms with Gasteiger partial charge in [-0.3, -0.25) is 4.21 Å². The van der Waals surface area contributed by atoms with Crippen LogP contribution in [-0.4, -0.2) is 197 Å². The van der Waals surface area contributed by atoms with Gasteiger partial charge in [-0.1, -0.05) is 94.8 Å². The third kappa shape index (κ3) is 189. The van der Waals surface area contributed by atoms with Crippen LogP contribution in [0.3, 0.4) is 0 Å². The van der Waals surface area contributed by atoms with Gasteiger partial charge in [-0.2, -0.15) is 11.8 Å². The van der Waals surface area contributed by atoms with Crippen molar-refractivity contribution in [3.8, 4) is 0 Å². The van der Waals surface area contributed by atoms with Crippen molar-refractivity contribution < 1.29 is 26.7 Å². The number of sulfone groups is 1. The number of hydrogen-bond acceptors (Lipinski definition) is 8. The molecule has 0 N–H and O–H groups in total. The number of Topliss-reactive ketones (excluding diaryl/α,β-unsaturated/α-hetero) is 1. The standard InChI is InChI=1S/3C12H18.C5H12.C4H12Ge.C4H12Si.C4H8.C3H9B.C3H9N.C3H9OP.C3H6O.C3H9P.C2H6O2S.C2H6OS.C2H6O.C2H6S.2CH4.7CH3.Al.Sn/c3*1-7-8(2)10(4)12(6)11(5)9(7)3;3*1-5(2,3)4;3*1-4(2)3;1-5(2,3)4;1-3(2)4;1-4(2)3;1-5(2,3)4;1-4(2)3;2*1-3-2;;;;;;;;;;;/h3*1-6H3;3*1-4H3;1H2,2-3H3;2*1-3H3;1-3H3;1-2H3;1-3H3;1-2H3;1-2H3;2*1-2H3;2*1H4;7*1H3;;. The molecule has 3 rings (SSSR count). The van der Waals surface area contributed by atoms with Crippen molar-refractivity contribution in [2.24, 2.45) is 5.41 Å². The van der Waals surface area contributed by atoms with Gasteiger partial charge in [0, 0.05) is 58.1 Å². The van der Waals surface area contributed by atoms with Gasteiger partial charge in [0.15, 0.2) is 0 Å². The molecule has 0 saturated carbocycles. The Morgan fingerprint density at radius 3 is 0.559 bits per heavy atom. The molecule has 7 nitrogen and oxygen atoms in total. The van der Waals surface area contributed by atoms with Gasteiger partial charge in [0.25, 0.3) is 14.1 Å². The van der Waals surface area contributed by atoms with Gasteiger partial charge in [0.2, 0.25) is 0 Å². The van der Waals surface area contributed by atoms with E-state index in [0.717, 1.165) is 19.2 Å². The predicted molar refractivity (Wildman–Crippen MR) is 517 cm³/mol. The Morgan fingerprint density at radius 1 is 0.539 bits per heavy atom. The third-order valence-corrected chi connectivity index (χ3v) is 10.1. The van der Waals surface area contributed by atoms with Crippen molar-refractivity contribution in [2.45, 2.75) is 302 Å². The molecule has 0 bridgehead atoms. The van der Waals surface area contributed by atoms with Crippen LogP contribution < -0.4 is 0 Å². The van der Waals surface area contributed by atoms with E-state index in [1.54, 1.807) is 58.5 Å². The van der Waals surface area contributed by atoms with Crippen LogP contribution in [-0.2, 0) is 34.7 Å². The number of carbonyl (C=O) groups excluding carboxylic acids is 1. The molecule has 0 aliphatic carbocycles. The van der Waals surface area contributed by atoms with Gasteiger partial charge in [-0.05, 0) is 332 Å². The Hall–Kier alpha value is 0.256. The summed E-state index contributed by atoms with van der Waals surface area (Å²) >= 11 is -0.569. The summed E-state index contributed by atoms with van der Waals surface area (Å²) in [4.78, 5) is 21.0. The van der Waals surface area contributed by atoms with Gasteiger partial charge in [0.05, 0.1) is 7.14 Å². The van der Waals surface area contributed by atoms with Crippen LogP contribution in [0, 0.1) is 130 Å². The molecule has 0 amide bonds. The van der Waals surface area contributed by atoms with Crippen molar-refractivity contribution in [3.05, 3.63) is 112 Å². The first kappa shape index (κ1) is 144. The molecule has 0 fully saturated rings. The predicted octanol–water partition coefficient (Wildman–Crippen LogP) is 28.4. The second-order valence-electron chi connectivity index (χ2n) is 36.1. The maximum atomic E-state index is 10.2. The van der Waals surface area contributed by atoms with Crippen LogP contribution in [0.4, 0.5) is 0 Å². The first-order valence-electron chi connectivity index (χ1n) is 35.5. The van der Waals surface area contributed by atoms with Crippen LogP contribution in [0.1, 0.15) is 170 Å².